The number of ether oxygens (including phenoxy) is 3. The summed E-state index contributed by atoms with van der Waals surface area (Å²) in [4.78, 5) is 25.8. The Balaban J connectivity index is 1.47. The minimum atomic E-state index is -0.601. The summed E-state index contributed by atoms with van der Waals surface area (Å²) in [5.41, 5.74) is 3.94. The van der Waals surface area contributed by atoms with Crippen LogP contribution in [0.4, 0.5) is 9.18 Å². The van der Waals surface area contributed by atoms with E-state index in [1.54, 1.807) is 34.1 Å². The number of hydrogen-bond donors (Lipinski definition) is 1. The van der Waals surface area contributed by atoms with Crippen LogP contribution in [0.2, 0.25) is 0 Å². The SMILES string of the molecule is COc1cnc2c(-c3nc4cc(F)c5c(c4s3)CC(CNC(=O)OC(C)(C)C)O5)cc(C)cc2n1. The molecule has 182 valence electrons. The largest absolute Gasteiger partial charge is 0.485 e. The van der Waals surface area contributed by atoms with Gasteiger partial charge >= 0.3 is 6.09 Å². The zero-order valence-corrected chi connectivity index (χ0v) is 20.9. The van der Waals surface area contributed by atoms with Crippen LogP contribution < -0.4 is 14.8 Å². The van der Waals surface area contributed by atoms with Gasteiger partial charge in [-0.3, -0.25) is 0 Å². The lowest BCUT2D eigenvalue weighted by Gasteiger charge is -2.20. The monoisotopic (exact) mass is 496 g/mol. The number of benzene rings is 2. The van der Waals surface area contributed by atoms with Gasteiger partial charge in [0.05, 0.1) is 41.1 Å². The van der Waals surface area contributed by atoms with Crippen molar-refractivity contribution in [1.29, 1.82) is 0 Å². The van der Waals surface area contributed by atoms with Crippen LogP contribution in [0.1, 0.15) is 31.9 Å². The fourth-order valence-corrected chi connectivity index (χ4v) is 5.19. The average molecular weight is 497 g/mol. The number of rotatable bonds is 4. The van der Waals surface area contributed by atoms with E-state index in [-0.39, 0.29) is 12.3 Å². The summed E-state index contributed by atoms with van der Waals surface area (Å²) in [6.45, 7) is 7.56. The molecule has 1 N–H and O–H groups in total. The number of nitrogens with one attached hydrogen (secondary N) is 1. The smallest absolute Gasteiger partial charge is 0.407 e. The van der Waals surface area contributed by atoms with Crippen LogP contribution in [-0.2, 0) is 11.2 Å². The van der Waals surface area contributed by atoms with Crippen molar-refractivity contribution in [3.63, 3.8) is 0 Å². The van der Waals surface area contributed by atoms with Crippen molar-refractivity contribution in [3.05, 3.63) is 41.3 Å². The first-order valence-electron chi connectivity index (χ1n) is 11.2. The molecule has 1 aliphatic rings. The van der Waals surface area contributed by atoms with Crippen LogP contribution in [0, 0.1) is 12.7 Å². The quantitative estimate of drug-likeness (QED) is 0.415. The Morgan fingerprint density at radius 2 is 2.06 bits per heavy atom. The molecule has 2 aromatic heterocycles. The molecule has 8 nitrogen and oxygen atoms in total. The van der Waals surface area contributed by atoms with Crippen LogP contribution in [0.5, 0.6) is 11.6 Å². The highest BCUT2D eigenvalue weighted by molar-refractivity contribution is 7.22. The molecule has 35 heavy (non-hydrogen) atoms. The topological polar surface area (TPSA) is 95.5 Å². The van der Waals surface area contributed by atoms with Crippen molar-refractivity contribution < 1.29 is 23.4 Å². The first-order valence-corrected chi connectivity index (χ1v) is 12.0. The van der Waals surface area contributed by atoms with E-state index in [0.717, 1.165) is 26.4 Å². The number of thiazole rings is 1. The molecule has 0 saturated heterocycles. The highest BCUT2D eigenvalue weighted by Gasteiger charge is 2.31. The number of hydrogen-bond acceptors (Lipinski definition) is 8. The number of nitrogens with zero attached hydrogens (tertiary/aromatic N) is 3. The van der Waals surface area contributed by atoms with Crippen molar-refractivity contribution in [1.82, 2.24) is 20.3 Å². The number of fused-ring (bicyclic) bond motifs is 4. The maximum absolute atomic E-state index is 14.9. The maximum atomic E-state index is 14.9. The van der Waals surface area contributed by atoms with Gasteiger partial charge in [0.2, 0.25) is 5.88 Å². The lowest BCUT2D eigenvalue weighted by molar-refractivity contribution is 0.0505. The summed E-state index contributed by atoms with van der Waals surface area (Å²) in [6.07, 6.45) is 1.09. The van der Waals surface area contributed by atoms with Gasteiger partial charge in [-0.25, -0.2) is 24.1 Å². The molecule has 0 radical (unpaired) electrons. The predicted molar refractivity (Wildman–Crippen MR) is 132 cm³/mol. The summed E-state index contributed by atoms with van der Waals surface area (Å²) in [5, 5.41) is 3.42. The fraction of sp³-hybridized carbons (Fsp3) is 0.360. The van der Waals surface area contributed by atoms with Crippen LogP contribution in [0.15, 0.2) is 24.4 Å². The zero-order valence-electron chi connectivity index (χ0n) is 20.1. The maximum Gasteiger partial charge on any atom is 0.407 e. The highest BCUT2D eigenvalue weighted by atomic mass is 32.1. The number of methoxy groups -OCH3 is 1. The van der Waals surface area contributed by atoms with Gasteiger partial charge in [0, 0.05) is 23.6 Å². The second kappa shape index (κ2) is 8.60. The van der Waals surface area contributed by atoms with E-state index >= 15 is 0 Å². The molecule has 10 heteroatoms. The van der Waals surface area contributed by atoms with Gasteiger partial charge in [-0.1, -0.05) is 0 Å². The average Bonchev–Trinajstić information content (AvgIpc) is 3.40. The zero-order chi connectivity index (χ0) is 24.9. The molecule has 1 aliphatic heterocycles. The molecule has 1 amide bonds. The number of carbonyl (C=O) groups is 1. The Morgan fingerprint density at radius 1 is 1.26 bits per heavy atom. The molecule has 1 atom stereocenters. The second-order valence-electron chi connectivity index (χ2n) is 9.45. The number of carbonyl (C=O) groups excluding carboxylic acids is 1. The van der Waals surface area contributed by atoms with E-state index in [1.165, 1.54) is 17.4 Å². The molecule has 0 saturated carbocycles. The molecular weight excluding hydrogens is 471 g/mol. The molecule has 5 rings (SSSR count). The first kappa shape index (κ1) is 23.2. The van der Waals surface area contributed by atoms with Crippen molar-refractivity contribution in [2.45, 2.75) is 45.8 Å². The van der Waals surface area contributed by atoms with E-state index < -0.39 is 23.6 Å². The third-order valence-electron chi connectivity index (χ3n) is 5.48. The normalized spacial score (nSPS) is 15.2. The standard InChI is InChI=1S/C25H25FN4O4S/c1-12-6-14(20-17(7-12)29-19(32-5)11-27-20)23-30-18-9-16(26)21-15(22(18)35-23)8-13(33-21)10-28-24(31)34-25(2,3)4/h6-7,9,11,13H,8,10H2,1-5H3,(H,28,31). The summed E-state index contributed by atoms with van der Waals surface area (Å²) < 4.78 is 32.1. The minimum absolute atomic E-state index is 0.204. The van der Waals surface area contributed by atoms with Crippen LogP contribution in [0.3, 0.4) is 0 Å². The molecule has 0 aliphatic carbocycles. The Kier molecular flexibility index (Phi) is 5.71. The van der Waals surface area contributed by atoms with E-state index in [0.29, 0.717) is 28.9 Å². The van der Waals surface area contributed by atoms with Crippen molar-refractivity contribution >= 4 is 38.7 Å². The third kappa shape index (κ3) is 4.58. The van der Waals surface area contributed by atoms with E-state index in [2.05, 4.69) is 15.3 Å². The second-order valence-corrected chi connectivity index (χ2v) is 10.5. The number of aromatic nitrogens is 3. The molecule has 3 heterocycles. The van der Waals surface area contributed by atoms with Gasteiger partial charge in [-0.05, 0) is 45.4 Å². The van der Waals surface area contributed by atoms with Crippen LogP contribution in [0.25, 0.3) is 31.8 Å². The highest BCUT2D eigenvalue weighted by Crippen LogP contribution is 2.43. The Bertz CT molecular complexity index is 1460. The Hall–Kier alpha value is -3.53. The van der Waals surface area contributed by atoms with Crippen LogP contribution in [-0.4, -0.2) is 46.4 Å². The number of halogens is 1. The van der Waals surface area contributed by atoms with Gasteiger partial charge in [-0.2, -0.15) is 0 Å². The lowest BCUT2D eigenvalue weighted by atomic mass is 10.1. The Labute approximate surface area is 205 Å². The van der Waals surface area contributed by atoms with Crippen molar-refractivity contribution in [2.24, 2.45) is 0 Å². The van der Waals surface area contributed by atoms with E-state index in [1.807, 2.05) is 19.1 Å². The molecule has 0 spiro atoms. The number of aryl methyl sites for hydroxylation is 1. The van der Waals surface area contributed by atoms with Crippen molar-refractivity contribution in [3.8, 4) is 22.2 Å². The molecule has 4 aromatic rings. The van der Waals surface area contributed by atoms with Crippen molar-refractivity contribution in [2.75, 3.05) is 13.7 Å². The molecule has 0 bridgehead atoms. The van der Waals surface area contributed by atoms with E-state index in [9.17, 15) is 9.18 Å². The van der Waals surface area contributed by atoms with E-state index in [4.69, 9.17) is 19.2 Å². The summed E-state index contributed by atoms with van der Waals surface area (Å²) >= 11 is 1.46. The summed E-state index contributed by atoms with van der Waals surface area (Å²) in [5.74, 6) is 0.173. The molecular formula is C25H25FN4O4S. The molecule has 1 unspecified atom stereocenters. The number of alkyl carbamates (subject to hydrolysis) is 1. The van der Waals surface area contributed by atoms with Crippen LogP contribution >= 0.6 is 11.3 Å². The first-order chi connectivity index (χ1) is 16.6. The van der Waals surface area contributed by atoms with Gasteiger partial charge in [0.1, 0.15) is 16.7 Å². The summed E-state index contributed by atoms with van der Waals surface area (Å²) in [7, 11) is 1.55. The molecule has 0 fully saturated rings. The molecule has 2 aromatic carbocycles. The fourth-order valence-electron chi connectivity index (χ4n) is 4.08. The predicted octanol–water partition coefficient (Wildman–Crippen LogP) is 5.19. The van der Waals surface area contributed by atoms with Gasteiger partial charge in [0.25, 0.3) is 0 Å². The lowest BCUT2D eigenvalue weighted by Crippen LogP contribution is -2.38. The Morgan fingerprint density at radius 3 is 2.80 bits per heavy atom. The minimum Gasteiger partial charge on any atom is -0.485 e. The van der Waals surface area contributed by atoms with Gasteiger partial charge in [-0.15, -0.1) is 11.3 Å². The van der Waals surface area contributed by atoms with Gasteiger partial charge < -0.3 is 19.5 Å². The van der Waals surface area contributed by atoms with Gasteiger partial charge in [0.15, 0.2) is 11.6 Å². The number of amides is 1. The summed E-state index contributed by atoms with van der Waals surface area (Å²) in [6, 6.07) is 5.33. The third-order valence-corrected chi connectivity index (χ3v) is 6.64.